The lowest BCUT2D eigenvalue weighted by Crippen LogP contribution is -2.45. The van der Waals surface area contributed by atoms with Crippen molar-refractivity contribution in [2.45, 2.75) is 12.6 Å². The molecule has 1 aliphatic heterocycles. The fourth-order valence-corrected chi connectivity index (χ4v) is 3.40. The van der Waals surface area contributed by atoms with E-state index >= 15 is 0 Å². The van der Waals surface area contributed by atoms with Crippen molar-refractivity contribution in [3.05, 3.63) is 52.3 Å². The molecule has 7 heteroatoms. The Balaban J connectivity index is 0.00000208. The summed E-state index contributed by atoms with van der Waals surface area (Å²) in [5, 5.41) is 13.6. The Hall–Kier alpha value is -1.34. The number of aromatic nitrogens is 1. The number of phenolic OH excluding ortho intramolecular Hbond substituents is 1. The maximum absolute atomic E-state index is 10.2. The van der Waals surface area contributed by atoms with Gasteiger partial charge in [0.2, 0.25) is 0 Å². The lowest BCUT2D eigenvalue weighted by atomic mass is 10.0. The number of halogens is 2. The van der Waals surface area contributed by atoms with Gasteiger partial charge < -0.3 is 15.2 Å². The summed E-state index contributed by atoms with van der Waals surface area (Å²) < 4.78 is 5.85. The molecule has 0 bridgehead atoms. The third-order valence-corrected chi connectivity index (χ3v) is 5.08. The topological polar surface area (TPSA) is 57.6 Å². The molecule has 2 aromatic rings. The summed E-state index contributed by atoms with van der Waals surface area (Å²) in [5.74, 6) is 0.632. The summed E-state index contributed by atoms with van der Waals surface area (Å²) in [6, 6.07) is 8.21. The zero-order chi connectivity index (χ0) is 16.2. The molecule has 0 amide bonds. The normalized spacial score (nSPS) is 18.0. The first kappa shape index (κ1) is 19.0. The number of pyridine rings is 1. The maximum atomic E-state index is 10.2. The Labute approximate surface area is 156 Å². The lowest BCUT2D eigenvalue weighted by Gasteiger charge is -2.36. The van der Waals surface area contributed by atoms with E-state index in [0.717, 1.165) is 31.7 Å². The maximum Gasteiger partial charge on any atom is 0.172 e. The molecule has 1 atom stereocenters. The number of nitrogens with zero attached hydrogens (tertiary/aromatic N) is 2. The second-order valence-electron chi connectivity index (χ2n) is 5.56. The number of benzene rings is 1. The van der Waals surface area contributed by atoms with Crippen molar-refractivity contribution in [1.82, 2.24) is 15.2 Å². The van der Waals surface area contributed by atoms with Crippen molar-refractivity contribution in [3.8, 4) is 11.5 Å². The van der Waals surface area contributed by atoms with E-state index in [1.54, 1.807) is 13.2 Å². The number of phenols is 1. The van der Waals surface area contributed by atoms with Gasteiger partial charge in [0.15, 0.2) is 11.5 Å². The fourth-order valence-electron chi connectivity index (χ4n) is 2.94. The van der Waals surface area contributed by atoms with Crippen LogP contribution in [0.2, 0.25) is 0 Å². The van der Waals surface area contributed by atoms with Gasteiger partial charge in [-0.3, -0.25) is 9.88 Å². The Bertz CT molecular complexity index is 672. The van der Waals surface area contributed by atoms with E-state index in [1.165, 1.54) is 5.56 Å². The Morgan fingerprint density at radius 1 is 1.33 bits per heavy atom. The summed E-state index contributed by atoms with van der Waals surface area (Å²) in [6.07, 6.45) is 3.66. The third kappa shape index (κ3) is 4.00. The quantitative estimate of drug-likeness (QED) is 0.805. The van der Waals surface area contributed by atoms with Gasteiger partial charge in [-0.05, 0) is 45.3 Å². The number of piperazine rings is 1. The van der Waals surface area contributed by atoms with Gasteiger partial charge in [0.05, 0.1) is 11.6 Å². The smallest absolute Gasteiger partial charge is 0.172 e. The molecular weight excluding hydrogens is 394 g/mol. The van der Waals surface area contributed by atoms with Crippen LogP contribution in [0.3, 0.4) is 0 Å². The number of hydrogen-bond acceptors (Lipinski definition) is 5. The van der Waals surface area contributed by atoms with E-state index in [1.807, 2.05) is 18.5 Å². The monoisotopic (exact) mass is 413 g/mol. The highest BCUT2D eigenvalue weighted by Gasteiger charge is 2.25. The number of rotatable bonds is 4. The van der Waals surface area contributed by atoms with Crippen molar-refractivity contribution in [2.75, 3.05) is 26.7 Å². The molecule has 1 saturated heterocycles. The first-order valence-corrected chi connectivity index (χ1v) is 8.39. The van der Waals surface area contributed by atoms with E-state index in [9.17, 15) is 5.11 Å². The average molecular weight is 415 g/mol. The number of nitrogens with one attached hydrogen (secondary N) is 1. The molecule has 0 saturated carbocycles. The van der Waals surface area contributed by atoms with Crippen molar-refractivity contribution in [2.24, 2.45) is 0 Å². The second-order valence-corrected chi connectivity index (χ2v) is 6.35. The Morgan fingerprint density at radius 2 is 2.08 bits per heavy atom. The molecule has 3 rings (SSSR count). The molecule has 0 spiro atoms. The summed E-state index contributed by atoms with van der Waals surface area (Å²) in [4.78, 5) is 6.52. The van der Waals surface area contributed by atoms with Gasteiger partial charge in [0.1, 0.15) is 0 Å². The van der Waals surface area contributed by atoms with Crippen LogP contribution in [0.4, 0.5) is 0 Å². The van der Waals surface area contributed by atoms with Crippen molar-refractivity contribution >= 4 is 28.3 Å². The van der Waals surface area contributed by atoms with Gasteiger partial charge in [0, 0.05) is 44.6 Å². The largest absolute Gasteiger partial charge is 0.503 e. The molecule has 1 fully saturated rings. The SMILES string of the molecule is COc1ccc(CN2CCNCC2c2ccncc2)c(Br)c1O.Cl. The van der Waals surface area contributed by atoms with Crippen LogP contribution in [0.1, 0.15) is 17.2 Å². The van der Waals surface area contributed by atoms with Crippen LogP contribution in [0, 0.1) is 0 Å². The van der Waals surface area contributed by atoms with Crippen LogP contribution in [0.15, 0.2) is 41.1 Å². The average Bonchev–Trinajstić information content (AvgIpc) is 2.60. The van der Waals surface area contributed by atoms with Crippen LogP contribution in [0.25, 0.3) is 0 Å². The second kappa shape index (κ2) is 8.67. The molecule has 1 aromatic heterocycles. The predicted octanol–water partition coefficient (Wildman–Crippen LogP) is 3.13. The van der Waals surface area contributed by atoms with E-state index in [0.29, 0.717) is 16.3 Å². The zero-order valence-corrected chi connectivity index (χ0v) is 15.8. The van der Waals surface area contributed by atoms with Gasteiger partial charge in [-0.25, -0.2) is 0 Å². The summed E-state index contributed by atoms with van der Waals surface area (Å²) in [5.41, 5.74) is 2.30. The molecule has 24 heavy (non-hydrogen) atoms. The summed E-state index contributed by atoms with van der Waals surface area (Å²) in [7, 11) is 1.55. The molecule has 0 radical (unpaired) electrons. The number of methoxy groups -OCH3 is 1. The Morgan fingerprint density at radius 3 is 2.79 bits per heavy atom. The van der Waals surface area contributed by atoms with Gasteiger partial charge in [-0.2, -0.15) is 0 Å². The first-order valence-electron chi connectivity index (χ1n) is 7.59. The fraction of sp³-hybridized carbons (Fsp3) is 0.353. The predicted molar refractivity (Wildman–Crippen MR) is 99.9 cm³/mol. The van der Waals surface area contributed by atoms with Crippen molar-refractivity contribution in [3.63, 3.8) is 0 Å². The summed E-state index contributed by atoms with van der Waals surface area (Å²) in [6.45, 7) is 3.57. The van der Waals surface area contributed by atoms with Crippen LogP contribution in [-0.4, -0.2) is 41.7 Å². The molecule has 2 heterocycles. The highest BCUT2D eigenvalue weighted by molar-refractivity contribution is 9.10. The van der Waals surface area contributed by atoms with E-state index in [4.69, 9.17) is 4.74 Å². The minimum Gasteiger partial charge on any atom is -0.503 e. The molecule has 5 nitrogen and oxygen atoms in total. The van der Waals surface area contributed by atoms with Gasteiger partial charge in [-0.15, -0.1) is 12.4 Å². The number of ether oxygens (including phenoxy) is 1. The number of aromatic hydroxyl groups is 1. The van der Waals surface area contributed by atoms with Gasteiger partial charge in [0.25, 0.3) is 0 Å². The Kier molecular flexibility index (Phi) is 6.86. The van der Waals surface area contributed by atoms with Crippen molar-refractivity contribution < 1.29 is 9.84 Å². The lowest BCUT2D eigenvalue weighted by molar-refractivity contribution is 0.153. The number of hydrogen-bond donors (Lipinski definition) is 2. The van der Waals surface area contributed by atoms with Crippen LogP contribution in [-0.2, 0) is 6.54 Å². The molecular formula is C17H21BrClN3O2. The minimum atomic E-state index is 0. The third-order valence-electron chi connectivity index (χ3n) is 4.20. The molecule has 1 unspecified atom stereocenters. The summed E-state index contributed by atoms with van der Waals surface area (Å²) >= 11 is 3.49. The highest BCUT2D eigenvalue weighted by atomic mass is 79.9. The van der Waals surface area contributed by atoms with Crippen molar-refractivity contribution in [1.29, 1.82) is 0 Å². The van der Waals surface area contributed by atoms with E-state index in [-0.39, 0.29) is 18.2 Å². The van der Waals surface area contributed by atoms with Crippen LogP contribution in [0.5, 0.6) is 11.5 Å². The van der Waals surface area contributed by atoms with Gasteiger partial charge in [-0.1, -0.05) is 6.07 Å². The molecule has 130 valence electrons. The molecule has 1 aliphatic rings. The minimum absolute atomic E-state index is 0. The zero-order valence-electron chi connectivity index (χ0n) is 13.4. The van der Waals surface area contributed by atoms with Gasteiger partial charge >= 0.3 is 0 Å². The molecule has 2 N–H and O–H groups in total. The molecule has 0 aliphatic carbocycles. The first-order chi connectivity index (χ1) is 11.2. The van der Waals surface area contributed by atoms with Crippen LogP contribution < -0.4 is 10.1 Å². The van der Waals surface area contributed by atoms with Crippen LogP contribution >= 0.6 is 28.3 Å². The highest BCUT2D eigenvalue weighted by Crippen LogP contribution is 2.37. The molecule has 1 aromatic carbocycles. The standard InChI is InChI=1S/C17H20BrN3O2.ClH/c1-23-15-3-2-13(16(18)17(15)22)11-21-9-8-20-10-14(21)12-4-6-19-7-5-12;/h2-7,14,20,22H,8-11H2,1H3;1H. The van der Waals surface area contributed by atoms with E-state index in [2.05, 4.69) is 43.3 Å². The van der Waals surface area contributed by atoms with E-state index < -0.39 is 0 Å².